The molecule has 0 radical (unpaired) electrons. The van der Waals surface area contributed by atoms with Gasteiger partial charge in [0.1, 0.15) is 0 Å². The van der Waals surface area contributed by atoms with E-state index in [1.54, 1.807) is 0 Å². The molecule has 2 aromatic rings. The van der Waals surface area contributed by atoms with E-state index in [0.29, 0.717) is 4.83 Å². The zero-order valence-corrected chi connectivity index (χ0v) is 10.2. The summed E-state index contributed by atoms with van der Waals surface area (Å²) in [5.74, 6) is 0. The van der Waals surface area contributed by atoms with Crippen LogP contribution in [0, 0.1) is 6.92 Å². The third-order valence-corrected chi connectivity index (χ3v) is 3.48. The minimum Gasteiger partial charge on any atom is -0.0786 e. The van der Waals surface area contributed by atoms with Gasteiger partial charge in [0.25, 0.3) is 0 Å². The summed E-state index contributed by atoms with van der Waals surface area (Å²) in [6, 6.07) is 19.0. The number of benzene rings is 2. The van der Waals surface area contributed by atoms with Crippen LogP contribution in [0.2, 0.25) is 0 Å². The highest BCUT2D eigenvalue weighted by Crippen LogP contribution is 2.30. The van der Waals surface area contributed by atoms with E-state index in [1.165, 1.54) is 16.7 Å². The lowest BCUT2D eigenvalue weighted by molar-refractivity contribution is 1.17. The van der Waals surface area contributed by atoms with Crippen LogP contribution in [-0.2, 0) is 0 Å². The first kappa shape index (κ1) is 10.4. The number of aryl methyl sites for hydroxylation is 1. The second-order valence-electron chi connectivity index (χ2n) is 3.69. The first-order chi connectivity index (χ1) is 7.27. The van der Waals surface area contributed by atoms with Gasteiger partial charge < -0.3 is 0 Å². The summed E-state index contributed by atoms with van der Waals surface area (Å²) in [6.45, 7) is 2.12. The first-order valence-corrected chi connectivity index (χ1v) is 5.94. The molecule has 0 N–H and O–H groups in total. The molecule has 0 fully saturated rings. The third-order valence-electron chi connectivity index (χ3n) is 2.43. The van der Waals surface area contributed by atoms with Gasteiger partial charge in [0.2, 0.25) is 0 Å². The predicted octanol–water partition coefficient (Wildman–Crippen LogP) is 4.48. The molecule has 0 bridgehead atoms. The molecule has 0 spiro atoms. The Balaban J connectivity index is 2.32. The third kappa shape index (κ3) is 2.48. The molecule has 15 heavy (non-hydrogen) atoms. The quantitative estimate of drug-likeness (QED) is 0.699. The Bertz CT molecular complexity index is 434. The summed E-state index contributed by atoms with van der Waals surface area (Å²) in [4.78, 5) is 0.290. The number of hydrogen-bond acceptors (Lipinski definition) is 0. The molecule has 2 rings (SSSR count). The maximum absolute atomic E-state index is 3.73. The van der Waals surface area contributed by atoms with E-state index >= 15 is 0 Å². The number of halogens is 1. The van der Waals surface area contributed by atoms with Crippen molar-refractivity contribution in [1.29, 1.82) is 0 Å². The Labute approximate surface area is 99.1 Å². The summed E-state index contributed by atoms with van der Waals surface area (Å²) in [5, 5.41) is 0. The number of hydrogen-bond donors (Lipinski definition) is 0. The van der Waals surface area contributed by atoms with E-state index in [0.717, 1.165) is 0 Å². The highest BCUT2D eigenvalue weighted by atomic mass is 79.9. The average molecular weight is 261 g/mol. The summed E-state index contributed by atoms with van der Waals surface area (Å²) in [7, 11) is 0. The van der Waals surface area contributed by atoms with Gasteiger partial charge in [-0.25, -0.2) is 0 Å². The minimum atomic E-state index is 0.290. The van der Waals surface area contributed by atoms with Gasteiger partial charge in [0.15, 0.2) is 0 Å². The lowest BCUT2D eigenvalue weighted by Crippen LogP contribution is -1.92. The van der Waals surface area contributed by atoms with Crippen molar-refractivity contribution in [3.8, 4) is 0 Å². The molecule has 0 aliphatic carbocycles. The standard InChI is InChI=1S/C14H13Br/c1-11-6-5-9-13(10-11)14(15)12-7-3-2-4-8-12/h2-10,14H,1H3/t14-/m0/s1. The van der Waals surface area contributed by atoms with E-state index in [2.05, 4.69) is 71.4 Å². The molecule has 1 heteroatoms. The fourth-order valence-electron chi connectivity index (χ4n) is 1.64. The van der Waals surface area contributed by atoms with Crippen LogP contribution in [-0.4, -0.2) is 0 Å². The zero-order valence-electron chi connectivity index (χ0n) is 8.65. The Morgan fingerprint density at radius 3 is 2.20 bits per heavy atom. The molecule has 0 unspecified atom stereocenters. The largest absolute Gasteiger partial charge is 0.0786 e. The van der Waals surface area contributed by atoms with Crippen molar-refractivity contribution in [1.82, 2.24) is 0 Å². The molecular formula is C14H13Br. The van der Waals surface area contributed by atoms with Gasteiger partial charge in [-0.2, -0.15) is 0 Å². The second-order valence-corrected chi connectivity index (χ2v) is 4.60. The smallest absolute Gasteiger partial charge is 0.0644 e. The summed E-state index contributed by atoms with van der Waals surface area (Å²) in [6.07, 6.45) is 0. The molecule has 2 aromatic carbocycles. The minimum absolute atomic E-state index is 0.290. The fourth-order valence-corrected chi connectivity index (χ4v) is 2.23. The van der Waals surface area contributed by atoms with Gasteiger partial charge in [0.05, 0.1) is 4.83 Å². The van der Waals surface area contributed by atoms with Gasteiger partial charge in [-0.05, 0) is 18.1 Å². The van der Waals surface area contributed by atoms with Gasteiger partial charge in [-0.15, -0.1) is 0 Å². The van der Waals surface area contributed by atoms with Crippen molar-refractivity contribution < 1.29 is 0 Å². The summed E-state index contributed by atoms with van der Waals surface area (Å²) >= 11 is 3.73. The molecule has 0 amide bonds. The molecule has 0 heterocycles. The Morgan fingerprint density at radius 2 is 1.53 bits per heavy atom. The summed E-state index contributed by atoms with van der Waals surface area (Å²) in [5.41, 5.74) is 3.90. The normalized spacial score (nSPS) is 12.4. The van der Waals surface area contributed by atoms with E-state index in [4.69, 9.17) is 0 Å². The highest BCUT2D eigenvalue weighted by Gasteiger charge is 2.08. The average Bonchev–Trinajstić information content (AvgIpc) is 2.29. The van der Waals surface area contributed by atoms with E-state index < -0.39 is 0 Å². The second kappa shape index (κ2) is 4.63. The molecule has 0 nitrogen and oxygen atoms in total. The van der Waals surface area contributed by atoms with E-state index in [1.807, 2.05) is 6.07 Å². The monoisotopic (exact) mass is 260 g/mol. The maximum atomic E-state index is 3.73. The number of rotatable bonds is 2. The van der Waals surface area contributed by atoms with Gasteiger partial charge in [-0.1, -0.05) is 76.1 Å². The fraction of sp³-hybridized carbons (Fsp3) is 0.143. The molecular weight excluding hydrogens is 248 g/mol. The van der Waals surface area contributed by atoms with Crippen molar-refractivity contribution in [2.24, 2.45) is 0 Å². The van der Waals surface area contributed by atoms with Gasteiger partial charge in [0, 0.05) is 0 Å². The number of alkyl halides is 1. The molecule has 0 saturated carbocycles. The SMILES string of the molecule is Cc1cccc([C@@H](Br)c2ccccc2)c1. The predicted molar refractivity (Wildman–Crippen MR) is 68.4 cm³/mol. The molecule has 0 aromatic heterocycles. The van der Waals surface area contributed by atoms with Crippen LogP contribution < -0.4 is 0 Å². The van der Waals surface area contributed by atoms with E-state index in [-0.39, 0.29) is 0 Å². The molecule has 76 valence electrons. The topological polar surface area (TPSA) is 0 Å². The molecule has 0 aliphatic rings. The van der Waals surface area contributed by atoms with Crippen molar-refractivity contribution in [3.63, 3.8) is 0 Å². The lowest BCUT2D eigenvalue weighted by Gasteiger charge is -2.10. The Kier molecular flexibility index (Phi) is 3.22. The molecule has 1 atom stereocenters. The molecule has 0 aliphatic heterocycles. The first-order valence-electron chi connectivity index (χ1n) is 5.03. The van der Waals surface area contributed by atoms with Gasteiger partial charge >= 0.3 is 0 Å². The van der Waals surface area contributed by atoms with E-state index in [9.17, 15) is 0 Å². The highest BCUT2D eigenvalue weighted by molar-refractivity contribution is 9.09. The van der Waals surface area contributed by atoms with Crippen molar-refractivity contribution in [3.05, 3.63) is 71.3 Å². The van der Waals surface area contributed by atoms with Crippen LogP contribution in [0.3, 0.4) is 0 Å². The van der Waals surface area contributed by atoms with Gasteiger partial charge in [-0.3, -0.25) is 0 Å². The van der Waals surface area contributed by atoms with Crippen LogP contribution in [0.4, 0.5) is 0 Å². The molecule has 0 saturated heterocycles. The van der Waals surface area contributed by atoms with Crippen LogP contribution in [0.5, 0.6) is 0 Å². The van der Waals surface area contributed by atoms with Crippen molar-refractivity contribution in [2.75, 3.05) is 0 Å². The van der Waals surface area contributed by atoms with Crippen LogP contribution in [0.1, 0.15) is 21.5 Å². The Morgan fingerprint density at radius 1 is 0.867 bits per heavy atom. The van der Waals surface area contributed by atoms with Crippen LogP contribution in [0.25, 0.3) is 0 Å². The van der Waals surface area contributed by atoms with Crippen molar-refractivity contribution >= 4 is 15.9 Å². The lowest BCUT2D eigenvalue weighted by atomic mass is 10.0. The van der Waals surface area contributed by atoms with Crippen molar-refractivity contribution in [2.45, 2.75) is 11.8 Å². The Hall–Kier alpha value is -1.08. The zero-order chi connectivity index (χ0) is 10.7. The van der Waals surface area contributed by atoms with Crippen LogP contribution in [0.15, 0.2) is 54.6 Å². The summed E-state index contributed by atoms with van der Waals surface area (Å²) < 4.78 is 0. The van der Waals surface area contributed by atoms with Crippen LogP contribution >= 0.6 is 15.9 Å². The maximum Gasteiger partial charge on any atom is 0.0644 e.